The van der Waals surface area contributed by atoms with Gasteiger partial charge in [-0.2, -0.15) is 0 Å². The van der Waals surface area contributed by atoms with Crippen molar-refractivity contribution in [3.05, 3.63) is 18.0 Å². The molecule has 18 heavy (non-hydrogen) atoms. The molecule has 0 spiro atoms. The summed E-state index contributed by atoms with van der Waals surface area (Å²) in [6.45, 7) is 13.1. The number of hydrogen-bond acceptors (Lipinski definition) is 4. The Labute approximate surface area is 110 Å². The van der Waals surface area contributed by atoms with Gasteiger partial charge in [-0.1, -0.05) is 13.8 Å². The van der Waals surface area contributed by atoms with Crippen LogP contribution in [0.5, 0.6) is 0 Å². The fourth-order valence-corrected chi connectivity index (χ4v) is 2.23. The van der Waals surface area contributed by atoms with Gasteiger partial charge in [-0.3, -0.25) is 4.90 Å². The molecule has 0 saturated carbocycles. The van der Waals surface area contributed by atoms with E-state index in [4.69, 9.17) is 0 Å². The van der Waals surface area contributed by atoms with Gasteiger partial charge in [0.05, 0.1) is 0 Å². The molecule has 1 fully saturated rings. The predicted octanol–water partition coefficient (Wildman–Crippen LogP) is 2.13. The third kappa shape index (κ3) is 2.99. The molecule has 1 aliphatic rings. The third-order valence-corrected chi connectivity index (χ3v) is 3.65. The number of hydrogen-bond donors (Lipinski definition) is 0. The van der Waals surface area contributed by atoms with Crippen molar-refractivity contribution in [1.29, 1.82) is 0 Å². The highest BCUT2D eigenvalue weighted by Gasteiger charge is 2.20. The molecule has 0 atom stereocenters. The van der Waals surface area contributed by atoms with Crippen LogP contribution >= 0.6 is 0 Å². The Morgan fingerprint density at radius 3 is 1.94 bits per heavy atom. The molecule has 4 nitrogen and oxygen atoms in total. The van der Waals surface area contributed by atoms with E-state index in [-0.39, 0.29) is 0 Å². The molecule has 0 aliphatic carbocycles. The number of nitrogens with zero attached hydrogens (tertiary/aromatic N) is 4. The van der Waals surface area contributed by atoms with Crippen molar-refractivity contribution >= 4 is 5.95 Å². The molecule has 0 aromatic carbocycles. The Hall–Kier alpha value is -1.16. The maximum absolute atomic E-state index is 4.49. The molecule has 1 saturated heterocycles. The van der Waals surface area contributed by atoms with Crippen LogP contribution in [0.3, 0.4) is 0 Å². The van der Waals surface area contributed by atoms with E-state index >= 15 is 0 Å². The first-order valence-electron chi connectivity index (χ1n) is 6.89. The smallest absolute Gasteiger partial charge is 0.225 e. The Bertz CT molecular complexity index is 364. The minimum atomic E-state index is 0.497. The van der Waals surface area contributed by atoms with E-state index in [1.165, 1.54) is 5.56 Å². The van der Waals surface area contributed by atoms with Gasteiger partial charge >= 0.3 is 0 Å². The minimum Gasteiger partial charge on any atom is -0.338 e. The lowest BCUT2D eigenvalue weighted by atomic mass is 10.1. The normalized spacial score (nSPS) is 17.8. The van der Waals surface area contributed by atoms with E-state index in [2.05, 4.69) is 47.5 Å². The van der Waals surface area contributed by atoms with Gasteiger partial charge in [-0.05, 0) is 25.3 Å². The molecular weight excluding hydrogens is 224 g/mol. The quantitative estimate of drug-likeness (QED) is 0.820. The summed E-state index contributed by atoms with van der Waals surface area (Å²) in [7, 11) is 0. The molecule has 100 valence electrons. The monoisotopic (exact) mass is 248 g/mol. The van der Waals surface area contributed by atoms with Gasteiger partial charge in [-0.15, -0.1) is 0 Å². The Morgan fingerprint density at radius 2 is 1.50 bits per heavy atom. The Morgan fingerprint density at radius 1 is 0.944 bits per heavy atom. The van der Waals surface area contributed by atoms with Crippen LogP contribution in [0.1, 0.15) is 39.2 Å². The first-order valence-corrected chi connectivity index (χ1v) is 6.89. The average Bonchev–Trinajstić information content (AvgIpc) is 2.39. The highest BCUT2D eigenvalue weighted by Crippen LogP contribution is 2.16. The van der Waals surface area contributed by atoms with Crippen LogP contribution in [0.4, 0.5) is 5.95 Å². The molecule has 0 radical (unpaired) electrons. The first kappa shape index (κ1) is 13.3. The van der Waals surface area contributed by atoms with E-state index in [1.54, 1.807) is 0 Å². The molecule has 4 heteroatoms. The lowest BCUT2D eigenvalue weighted by Crippen LogP contribution is -2.49. The molecule has 2 heterocycles. The van der Waals surface area contributed by atoms with Crippen molar-refractivity contribution in [3.63, 3.8) is 0 Å². The van der Waals surface area contributed by atoms with E-state index in [9.17, 15) is 0 Å². The minimum absolute atomic E-state index is 0.497. The van der Waals surface area contributed by atoms with Gasteiger partial charge in [0.2, 0.25) is 5.95 Å². The number of anilines is 1. The molecule has 0 N–H and O–H groups in total. The van der Waals surface area contributed by atoms with E-state index < -0.39 is 0 Å². The number of rotatable bonds is 3. The van der Waals surface area contributed by atoms with Crippen LogP contribution in [-0.2, 0) is 0 Å². The van der Waals surface area contributed by atoms with Crippen LogP contribution < -0.4 is 4.90 Å². The molecule has 2 rings (SSSR count). The number of piperazine rings is 1. The summed E-state index contributed by atoms with van der Waals surface area (Å²) in [6, 6.07) is 0.636. The summed E-state index contributed by atoms with van der Waals surface area (Å²) in [5, 5.41) is 0. The lowest BCUT2D eigenvalue weighted by molar-refractivity contribution is 0.208. The second-order valence-electron chi connectivity index (χ2n) is 5.59. The summed E-state index contributed by atoms with van der Waals surface area (Å²) < 4.78 is 0. The summed E-state index contributed by atoms with van der Waals surface area (Å²) in [5.74, 6) is 1.37. The van der Waals surface area contributed by atoms with Crippen LogP contribution in [0, 0.1) is 0 Å². The molecule has 0 amide bonds. The van der Waals surface area contributed by atoms with Crippen molar-refractivity contribution in [1.82, 2.24) is 14.9 Å². The van der Waals surface area contributed by atoms with E-state index in [0.29, 0.717) is 12.0 Å². The maximum Gasteiger partial charge on any atom is 0.225 e. The molecule has 1 aliphatic heterocycles. The first-order chi connectivity index (χ1) is 8.58. The van der Waals surface area contributed by atoms with Gasteiger partial charge in [0.1, 0.15) is 0 Å². The van der Waals surface area contributed by atoms with Gasteiger partial charge in [0, 0.05) is 44.6 Å². The topological polar surface area (TPSA) is 32.3 Å². The van der Waals surface area contributed by atoms with Crippen molar-refractivity contribution in [2.75, 3.05) is 31.1 Å². The molecule has 0 unspecified atom stereocenters. The zero-order valence-electron chi connectivity index (χ0n) is 11.9. The van der Waals surface area contributed by atoms with E-state index in [1.807, 2.05) is 12.4 Å². The zero-order valence-corrected chi connectivity index (χ0v) is 11.9. The average molecular weight is 248 g/mol. The second kappa shape index (κ2) is 5.65. The second-order valence-corrected chi connectivity index (χ2v) is 5.59. The van der Waals surface area contributed by atoms with Gasteiger partial charge in [0.25, 0.3) is 0 Å². The van der Waals surface area contributed by atoms with Crippen LogP contribution in [0.25, 0.3) is 0 Å². The predicted molar refractivity (Wildman–Crippen MR) is 75.0 cm³/mol. The largest absolute Gasteiger partial charge is 0.338 e. The highest BCUT2D eigenvalue weighted by atomic mass is 15.3. The maximum atomic E-state index is 4.49. The number of aromatic nitrogens is 2. The standard InChI is InChI=1S/C14H24N4/c1-11(2)13-9-15-14(16-10-13)18-7-5-17(6-8-18)12(3)4/h9-12H,5-8H2,1-4H3. The fraction of sp³-hybridized carbons (Fsp3) is 0.714. The van der Waals surface area contributed by atoms with Crippen LogP contribution in [0.2, 0.25) is 0 Å². The van der Waals surface area contributed by atoms with Crippen molar-refractivity contribution in [2.45, 2.75) is 39.7 Å². The highest BCUT2D eigenvalue weighted by molar-refractivity contribution is 5.31. The summed E-state index contributed by atoms with van der Waals surface area (Å²) >= 11 is 0. The van der Waals surface area contributed by atoms with Crippen LogP contribution in [0.15, 0.2) is 12.4 Å². The summed E-state index contributed by atoms with van der Waals surface area (Å²) in [6.07, 6.45) is 3.92. The fourth-order valence-electron chi connectivity index (χ4n) is 2.23. The Kier molecular flexibility index (Phi) is 4.17. The van der Waals surface area contributed by atoms with Gasteiger partial charge in [-0.25, -0.2) is 9.97 Å². The SMILES string of the molecule is CC(C)c1cnc(N2CCN(C(C)C)CC2)nc1. The van der Waals surface area contributed by atoms with Crippen LogP contribution in [-0.4, -0.2) is 47.1 Å². The lowest BCUT2D eigenvalue weighted by Gasteiger charge is -2.36. The van der Waals surface area contributed by atoms with Crippen molar-refractivity contribution in [2.24, 2.45) is 0 Å². The molecular formula is C14H24N4. The van der Waals surface area contributed by atoms with Gasteiger partial charge in [0.15, 0.2) is 0 Å². The molecule has 1 aromatic heterocycles. The van der Waals surface area contributed by atoms with Crippen molar-refractivity contribution in [3.8, 4) is 0 Å². The third-order valence-electron chi connectivity index (χ3n) is 3.65. The summed E-state index contributed by atoms with van der Waals surface area (Å²) in [4.78, 5) is 13.8. The van der Waals surface area contributed by atoms with E-state index in [0.717, 1.165) is 32.1 Å². The molecule has 0 bridgehead atoms. The zero-order chi connectivity index (χ0) is 13.1. The van der Waals surface area contributed by atoms with Crippen molar-refractivity contribution < 1.29 is 0 Å². The Balaban J connectivity index is 1.97. The van der Waals surface area contributed by atoms with Gasteiger partial charge < -0.3 is 4.90 Å². The summed E-state index contributed by atoms with van der Waals surface area (Å²) in [5.41, 5.74) is 1.21. The molecule has 1 aromatic rings.